The molecule has 2 aromatic carbocycles. The zero-order chi connectivity index (χ0) is 13.8. The van der Waals surface area contributed by atoms with Crippen molar-refractivity contribution in [3.8, 4) is 0 Å². The largest absolute Gasteiger partial charge is 0.264 e. The Morgan fingerprint density at radius 1 is 0.900 bits per heavy atom. The van der Waals surface area contributed by atoms with Crippen molar-refractivity contribution in [3.05, 3.63) is 78.1 Å². The smallest absolute Gasteiger partial charge is 0.0588 e. The average molecular weight is 282 g/mol. The molecule has 0 bridgehead atoms. The van der Waals surface area contributed by atoms with Crippen LogP contribution < -0.4 is 0 Å². The van der Waals surface area contributed by atoms with Crippen molar-refractivity contribution in [1.29, 1.82) is 0 Å². The molecule has 0 saturated carbocycles. The molecule has 0 aliphatic heterocycles. The van der Waals surface area contributed by atoms with E-state index >= 15 is 0 Å². The molecular weight excluding hydrogens is 266 g/mol. The zero-order valence-electron chi connectivity index (χ0n) is 11.2. The molecule has 0 amide bonds. The minimum absolute atomic E-state index is 0.0511. The molecule has 1 nitrogen and oxygen atoms in total. The fourth-order valence-corrected chi connectivity index (χ4v) is 2.74. The number of benzene rings is 2. The Hall–Kier alpha value is -1.86. The standard InChI is InChI=1S/C18H16ClN/c19-18(14-6-2-1-3-7-14)11-10-16-13-20-12-15-8-4-5-9-17(15)16/h1-9,12-13,18H,10-11H2. The van der Waals surface area contributed by atoms with Crippen molar-refractivity contribution in [2.75, 3.05) is 0 Å². The third-order valence-corrected chi connectivity index (χ3v) is 4.05. The van der Waals surface area contributed by atoms with Gasteiger partial charge in [0, 0.05) is 17.8 Å². The molecule has 0 aliphatic carbocycles. The first-order chi connectivity index (χ1) is 9.84. The van der Waals surface area contributed by atoms with E-state index in [1.807, 2.05) is 36.7 Å². The molecule has 2 heteroatoms. The molecule has 0 N–H and O–H groups in total. The summed E-state index contributed by atoms with van der Waals surface area (Å²) in [6, 6.07) is 18.6. The van der Waals surface area contributed by atoms with Gasteiger partial charge in [-0.2, -0.15) is 0 Å². The monoisotopic (exact) mass is 281 g/mol. The van der Waals surface area contributed by atoms with E-state index in [-0.39, 0.29) is 5.38 Å². The van der Waals surface area contributed by atoms with Crippen molar-refractivity contribution in [3.63, 3.8) is 0 Å². The number of pyridine rings is 1. The molecule has 1 atom stereocenters. The second-order valence-corrected chi connectivity index (χ2v) is 5.46. The third kappa shape index (κ3) is 2.83. The molecule has 0 aliphatic rings. The van der Waals surface area contributed by atoms with Crippen LogP contribution in [-0.2, 0) is 6.42 Å². The Kier molecular flexibility index (Phi) is 3.98. The Balaban J connectivity index is 1.77. The van der Waals surface area contributed by atoms with Crippen LogP contribution in [0.3, 0.4) is 0 Å². The van der Waals surface area contributed by atoms with E-state index in [1.54, 1.807) is 0 Å². The number of fused-ring (bicyclic) bond motifs is 1. The highest BCUT2D eigenvalue weighted by Gasteiger charge is 2.09. The van der Waals surface area contributed by atoms with Crippen molar-refractivity contribution >= 4 is 22.4 Å². The first-order valence-corrected chi connectivity index (χ1v) is 7.29. The van der Waals surface area contributed by atoms with E-state index in [0.717, 1.165) is 12.8 Å². The van der Waals surface area contributed by atoms with Gasteiger partial charge < -0.3 is 0 Å². The quantitative estimate of drug-likeness (QED) is 0.603. The summed E-state index contributed by atoms with van der Waals surface area (Å²) < 4.78 is 0. The van der Waals surface area contributed by atoms with Crippen molar-refractivity contribution in [2.24, 2.45) is 0 Å². The molecule has 0 radical (unpaired) electrons. The van der Waals surface area contributed by atoms with Gasteiger partial charge in [0.05, 0.1) is 5.38 Å². The molecule has 20 heavy (non-hydrogen) atoms. The first-order valence-electron chi connectivity index (χ1n) is 6.85. The maximum Gasteiger partial charge on any atom is 0.0588 e. The van der Waals surface area contributed by atoms with Crippen molar-refractivity contribution in [2.45, 2.75) is 18.2 Å². The Morgan fingerprint density at radius 3 is 2.50 bits per heavy atom. The summed E-state index contributed by atoms with van der Waals surface area (Å²) in [5.41, 5.74) is 2.45. The van der Waals surface area contributed by atoms with Gasteiger partial charge in [-0.25, -0.2) is 0 Å². The van der Waals surface area contributed by atoms with E-state index in [0.29, 0.717) is 0 Å². The molecule has 3 rings (SSSR count). The third-order valence-electron chi connectivity index (χ3n) is 3.58. The van der Waals surface area contributed by atoms with E-state index in [9.17, 15) is 0 Å². The Bertz CT molecular complexity index is 689. The fraction of sp³-hybridized carbons (Fsp3) is 0.167. The molecule has 0 spiro atoms. The lowest BCUT2D eigenvalue weighted by Gasteiger charge is -2.11. The lowest BCUT2D eigenvalue weighted by Crippen LogP contribution is -1.95. The van der Waals surface area contributed by atoms with Crippen LogP contribution in [-0.4, -0.2) is 4.98 Å². The van der Waals surface area contributed by atoms with Gasteiger partial charge in [-0.15, -0.1) is 11.6 Å². The van der Waals surface area contributed by atoms with E-state index in [2.05, 4.69) is 35.3 Å². The van der Waals surface area contributed by atoms with Gasteiger partial charge in [0.15, 0.2) is 0 Å². The number of hydrogen-bond acceptors (Lipinski definition) is 1. The highest BCUT2D eigenvalue weighted by molar-refractivity contribution is 6.20. The minimum atomic E-state index is 0.0511. The van der Waals surface area contributed by atoms with Gasteiger partial charge >= 0.3 is 0 Å². The second kappa shape index (κ2) is 6.06. The molecular formula is C18H16ClN. The molecule has 1 aromatic heterocycles. The summed E-state index contributed by atoms with van der Waals surface area (Å²) in [5.74, 6) is 0. The van der Waals surface area contributed by atoms with Gasteiger partial charge in [0.2, 0.25) is 0 Å². The van der Waals surface area contributed by atoms with Crippen molar-refractivity contribution in [1.82, 2.24) is 4.98 Å². The fourth-order valence-electron chi connectivity index (χ4n) is 2.49. The molecule has 0 fully saturated rings. The Morgan fingerprint density at radius 2 is 1.65 bits per heavy atom. The summed E-state index contributed by atoms with van der Waals surface area (Å²) in [6.07, 6.45) is 5.73. The summed E-state index contributed by atoms with van der Waals surface area (Å²) in [4.78, 5) is 4.32. The number of halogens is 1. The van der Waals surface area contributed by atoms with Crippen LogP contribution in [0.5, 0.6) is 0 Å². The number of hydrogen-bond donors (Lipinski definition) is 0. The maximum absolute atomic E-state index is 6.49. The van der Waals surface area contributed by atoms with Crippen LogP contribution in [0.25, 0.3) is 10.8 Å². The number of nitrogens with zero attached hydrogens (tertiary/aromatic N) is 1. The predicted molar refractivity (Wildman–Crippen MR) is 85.1 cm³/mol. The van der Waals surface area contributed by atoms with Crippen molar-refractivity contribution < 1.29 is 0 Å². The van der Waals surface area contributed by atoms with Gasteiger partial charge in [0.1, 0.15) is 0 Å². The maximum atomic E-state index is 6.49. The lowest BCUT2D eigenvalue weighted by molar-refractivity contribution is 0.795. The predicted octanol–water partition coefficient (Wildman–Crippen LogP) is 5.15. The van der Waals surface area contributed by atoms with Gasteiger partial charge in [-0.05, 0) is 29.4 Å². The topological polar surface area (TPSA) is 12.9 Å². The summed E-state index contributed by atoms with van der Waals surface area (Å²) in [6.45, 7) is 0. The lowest BCUT2D eigenvalue weighted by atomic mass is 10.0. The summed E-state index contributed by atoms with van der Waals surface area (Å²) >= 11 is 6.49. The molecule has 100 valence electrons. The average Bonchev–Trinajstić information content (AvgIpc) is 2.53. The molecule has 1 heterocycles. The van der Waals surface area contributed by atoms with Gasteiger partial charge in [0.25, 0.3) is 0 Å². The number of alkyl halides is 1. The number of rotatable bonds is 4. The van der Waals surface area contributed by atoms with Gasteiger partial charge in [-0.3, -0.25) is 4.98 Å². The zero-order valence-corrected chi connectivity index (χ0v) is 11.9. The second-order valence-electron chi connectivity index (χ2n) is 4.94. The van der Waals surface area contributed by atoms with Crippen LogP contribution in [0.2, 0.25) is 0 Å². The first kappa shape index (κ1) is 13.1. The minimum Gasteiger partial charge on any atom is -0.264 e. The van der Waals surface area contributed by atoms with Crippen LogP contribution in [0, 0.1) is 0 Å². The van der Waals surface area contributed by atoms with Crippen LogP contribution in [0.15, 0.2) is 67.0 Å². The highest BCUT2D eigenvalue weighted by Crippen LogP contribution is 2.27. The molecule has 0 saturated heterocycles. The van der Waals surface area contributed by atoms with Crippen LogP contribution in [0.1, 0.15) is 22.9 Å². The summed E-state index contributed by atoms with van der Waals surface area (Å²) in [7, 11) is 0. The van der Waals surface area contributed by atoms with E-state index in [4.69, 9.17) is 11.6 Å². The van der Waals surface area contributed by atoms with E-state index < -0.39 is 0 Å². The van der Waals surface area contributed by atoms with E-state index in [1.165, 1.54) is 21.9 Å². The summed E-state index contributed by atoms with van der Waals surface area (Å²) in [5, 5.41) is 2.52. The Labute approximate surface area is 124 Å². The number of aryl methyl sites for hydroxylation is 1. The molecule has 1 unspecified atom stereocenters. The van der Waals surface area contributed by atoms with Crippen LogP contribution >= 0.6 is 11.6 Å². The highest BCUT2D eigenvalue weighted by atomic mass is 35.5. The van der Waals surface area contributed by atoms with Crippen LogP contribution in [0.4, 0.5) is 0 Å². The normalized spacial score (nSPS) is 12.4. The van der Waals surface area contributed by atoms with Gasteiger partial charge in [-0.1, -0.05) is 54.6 Å². The number of aromatic nitrogens is 1. The SMILES string of the molecule is ClC(CCc1cncc2ccccc12)c1ccccc1. The molecule has 3 aromatic rings.